The molecule has 6 rings (SSSR count). The van der Waals surface area contributed by atoms with Gasteiger partial charge in [-0.1, -0.05) is 70.3 Å². The lowest BCUT2D eigenvalue weighted by Crippen LogP contribution is -2.23. The van der Waals surface area contributed by atoms with Gasteiger partial charge in [-0.05, 0) is 61.0 Å². The molecule has 0 aliphatic rings. The average Bonchev–Trinajstić information content (AvgIpc) is 3.64. The lowest BCUT2D eigenvalue weighted by atomic mass is 10.0. The Morgan fingerprint density at radius 2 is 1.85 bits per heavy atom. The molecule has 9 heteroatoms. The van der Waals surface area contributed by atoms with Crippen molar-refractivity contribution < 1.29 is 4.74 Å². The summed E-state index contributed by atoms with van der Waals surface area (Å²) in [5.74, 6) is 1.28. The molecule has 0 fully saturated rings. The first-order valence-electron chi connectivity index (χ1n) is 12.2. The van der Waals surface area contributed by atoms with E-state index < -0.39 is 0 Å². The summed E-state index contributed by atoms with van der Waals surface area (Å²) < 4.78 is 10.4. The van der Waals surface area contributed by atoms with E-state index in [0.717, 1.165) is 43.9 Å². The van der Waals surface area contributed by atoms with Crippen molar-refractivity contribution in [2.75, 3.05) is 6.61 Å². The maximum Gasteiger partial charge on any atom is 0.291 e. The minimum Gasteiger partial charge on any atom is -0.490 e. The van der Waals surface area contributed by atoms with E-state index in [-0.39, 0.29) is 5.56 Å². The number of aromatic nitrogens is 5. The predicted molar refractivity (Wildman–Crippen MR) is 158 cm³/mol. The predicted octanol–water partition coefficient (Wildman–Crippen LogP) is 5.85. The van der Waals surface area contributed by atoms with Crippen molar-refractivity contribution >= 4 is 38.3 Å². The Hall–Kier alpha value is -4.34. The second kappa shape index (κ2) is 10.4. The number of para-hydroxylation sites is 1. The Labute approximate surface area is 236 Å². The van der Waals surface area contributed by atoms with Gasteiger partial charge in [0.15, 0.2) is 5.82 Å². The molecule has 0 unspecified atom stereocenters. The molecular formula is C30H22BrN5O2S. The molecule has 0 aliphatic carbocycles. The first-order valence-corrected chi connectivity index (χ1v) is 13.8. The summed E-state index contributed by atoms with van der Waals surface area (Å²) in [5, 5.41) is 9.40. The van der Waals surface area contributed by atoms with Crippen molar-refractivity contribution in [3.63, 3.8) is 0 Å². The molecular weight excluding hydrogens is 574 g/mol. The normalized spacial score (nSPS) is 11.8. The SMILES string of the molecule is C=CCOc1ccc(-c2nn(-c3ccccc3)cc2/C=c2\sc3nc(-c4ccc(Br)cc4)nn3c2=O)c(C)c1. The molecule has 39 heavy (non-hydrogen) atoms. The topological polar surface area (TPSA) is 74.3 Å². The Kier molecular flexibility index (Phi) is 6.68. The fraction of sp³-hybridized carbons (Fsp3) is 0.0667. The van der Waals surface area contributed by atoms with Gasteiger partial charge in [0.05, 0.1) is 10.2 Å². The van der Waals surface area contributed by atoms with E-state index in [0.29, 0.717) is 21.9 Å². The highest BCUT2D eigenvalue weighted by Gasteiger charge is 2.16. The van der Waals surface area contributed by atoms with Crippen molar-refractivity contribution in [2.24, 2.45) is 0 Å². The maximum absolute atomic E-state index is 13.3. The quantitative estimate of drug-likeness (QED) is 0.216. The summed E-state index contributed by atoms with van der Waals surface area (Å²) in [7, 11) is 0. The van der Waals surface area contributed by atoms with Crippen molar-refractivity contribution in [1.82, 2.24) is 24.4 Å². The summed E-state index contributed by atoms with van der Waals surface area (Å²) in [6, 6.07) is 23.5. The van der Waals surface area contributed by atoms with Gasteiger partial charge in [-0.25, -0.2) is 4.68 Å². The van der Waals surface area contributed by atoms with Crippen LogP contribution < -0.4 is 14.8 Å². The van der Waals surface area contributed by atoms with E-state index in [2.05, 4.69) is 32.6 Å². The molecule has 0 saturated carbocycles. The minimum absolute atomic E-state index is 0.214. The molecule has 0 aliphatic heterocycles. The molecule has 3 heterocycles. The number of hydrogen-bond donors (Lipinski definition) is 0. The molecule has 6 aromatic rings. The number of rotatable bonds is 7. The standard InChI is InChI=1S/C30H22BrN5O2S/c1-3-15-38-24-13-14-25(19(2)16-24)27-21(18-35(33-27)23-7-5-4-6-8-23)17-26-29(37)36-30(39-26)32-28(34-36)20-9-11-22(31)12-10-20/h3-14,16-18H,1,15H2,2H3/b26-17-. The highest BCUT2D eigenvalue weighted by molar-refractivity contribution is 9.10. The highest BCUT2D eigenvalue weighted by atomic mass is 79.9. The molecule has 0 spiro atoms. The number of hydrogen-bond acceptors (Lipinski definition) is 6. The summed E-state index contributed by atoms with van der Waals surface area (Å²) in [4.78, 5) is 18.5. The van der Waals surface area contributed by atoms with Gasteiger partial charge < -0.3 is 4.74 Å². The number of nitrogens with zero attached hydrogens (tertiary/aromatic N) is 5. The number of benzene rings is 3. The first-order chi connectivity index (χ1) is 19.0. The zero-order valence-corrected chi connectivity index (χ0v) is 23.3. The molecule has 192 valence electrons. The molecule has 0 atom stereocenters. The molecule has 3 aromatic carbocycles. The molecule has 3 aromatic heterocycles. The third kappa shape index (κ3) is 4.94. The van der Waals surface area contributed by atoms with Crippen LogP contribution in [0.5, 0.6) is 5.75 Å². The van der Waals surface area contributed by atoms with Crippen molar-refractivity contribution in [2.45, 2.75) is 6.92 Å². The van der Waals surface area contributed by atoms with Crippen molar-refractivity contribution in [1.29, 1.82) is 0 Å². The monoisotopic (exact) mass is 595 g/mol. The van der Waals surface area contributed by atoms with Crippen molar-refractivity contribution in [3.8, 4) is 34.1 Å². The Balaban J connectivity index is 1.46. The van der Waals surface area contributed by atoms with Gasteiger partial charge in [0.25, 0.3) is 5.56 Å². The second-order valence-corrected chi connectivity index (χ2v) is 10.8. The van der Waals surface area contributed by atoms with Gasteiger partial charge in [0, 0.05) is 27.4 Å². The van der Waals surface area contributed by atoms with Crippen LogP contribution >= 0.6 is 27.3 Å². The van der Waals surface area contributed by atoms with E-state index in [4.69, 9.17) is 9.84 Å². The molecule has 0 N–H and O–H groups in total. The molecule has 0 saturated heterocycles. The number of aryl methyl sites for hydroxylation is 1. The zero-order valence-electron chi connectivity index (χ0n) is 20.9. The lowest BCUT2D eigenvalue weighted by molar-refractivity contribution is 0.363. The van der Waals surface area contributed by atoms with Gasteiger partial charge in [-0.3, -0.25) is 4.79 Å². The summed E-state index contributed by atoms with van der Waals surface area (Å²) >= 11 is 4.75. The van der Waals surface area contributed by atoms with Gasteiger partial charge in [-0.2, -0.15) is 14.6 Å². The maximum atomic E-state index is 13.3. The Morgan fingerprint density at radius 1 is 1.05 bits per heavy atom. The summed E-state index contributed by atoms with van der Waals surface area (Å²) in [5.41, 5.74) is 5.10. The molecule has 7 nitrogen and oxygen atoms in total. The van der Waals surface area contributed by atoms with E-state index in [1.165, 1.54) is 15.9 Å². The average molecular weight is 597 g/mol. The van der Waals surface area contributed by atoms with Crippen LogP contribution in [0, 0.1) is 6.92 Å². The van der Waals surface area contributed by atoms with Crippen LogP contribution in [0.25, 0.3) is 39.4 Å². The van der Waals surface area contributed by atoms with Crippen molar-refractivity contribution in [3.05, 3.63) is 122 Å². The van der Waals surface area contributed by atoms with Crippen LogP contribution in [0.1, 0.15) is 11.1 Å². The minimum atomic E-state index is -0.214. The van der Waals surface area contributed by atoms with Crippen LogP contribution in [0.4, 0.5) is 0 Å². The Morgan fingerprint density at radius 3 is 2.56 bits per heavy atom. The van der Waals surface area contributed by atoms with Gasteiger partial charge >= 0.3 is 0 Å². The van der Waals surface area contributed by atoms with E-state index in [1.54, 1.807) is 6.08 Å². The van der Waals surface area contributed by atoms with E-state index in [9.17, 15) is 4.79 Å². The fourth-order valence-corrected chi connectivity index (χ4v) is 5.42. The van der Waals surface area contributed by atoms with E-state index >= 15 is 0 Å². The van der Waals surface area contributed by atoms with Gasteiger partial charge in [-0.15, -0.1) is 5.10 Å². The third-order valence-electron chi connectivity index (χ3n) is 6.15. The Bertz CT molecular complexity index is 1920. The largest absolute Gasteiger partial charge is 0.490 e. The van der Waals surface area contributed by atoms with Crippen LogP contribution in [0.2, 0.25) is 0 Å². The molecule has 0 amide bonds. The highest BCUT2D eigenvalue weighted by Crippen LogP contribution is 2.30. The van der Waals surface area contributed by atoms with Crippen LogP contribution in [-0.4, -0.2) is 31.0 Å². The van der Waals surface area contributed by atoms with Crippen LogP contribution in [-0.2, 0) is 0 Å². The van der Waals surface area contributed by atoms with Gasteiger partial charge in [0.2, 0.25) is 4.96 Å². The number of thiazole rings is 1. The fourth-order valence-electron chi connectivity index (χ4n) is 4.26. The zero-order chi connectivity index (χ0) is 26.9. The molecule has 0 bridgehead atoms. The number of ether oxygens (including phenoxy) is 1. The lowest BCUT2D eigenvalue weighted by Gasteiger charge is -2.08. The third-order valence-corrected chi connectivity index (χ3v) is 7.64. The first kappa shape index (κ1) is 25.0. The van der Waals surface area contributed by atoms with Crippen LogP contribution in [0.3, 0.4) is 0 Å². The van der Waals surface area contributed by atoms with Gasteiger partial charge in [0.1, 0.15) is 18.1 Å². The smallest absolute Gasteiger partial charge is 0.291 e. The number of fused-ring (bicyclic) bond motifs is 1. The van der Waals surface area contributed by atoms with E-state index in [1.807, 2.05) is 96.7 Å². The summed E-state index contributed by atoms with van der Waals surface area (Å²) in [6.07, 6.45) is 5.52. The van der Waals surface area contributed by atoms with Crippen LogP contribution in [0.15, 0.2) is 101 Å². The number of halogens is 1. The molecule has 0 radical (unpaired) electrons. The summed E-state index contributed by atoms with van der Waals surface area (Å²) in [6.45, 7) is 6.17. The second-order valence-electron chi connectivity index (χ2n) is 8.84.